The zero-order chi connectivity index (χ0) is 45.2. The molecule has 0 spiro atoms. The molecular weight excluding hydrogens is 797 g/mol. The van der Waals surface area contributed by atoms with E-state index in [0.29, 0.717) is 55.3 Å². The predicted molar refractivity (Wildman–Crippen MR) is 252 cm³/mol. The molecule has 7 fully saturated rings. The summed E-state index contributed by atoms with van der Waals surface area (Å²) in [6.45, 7) is 14.1. The molecule has 2 heterocycles. The van der Waals surface area contributed by atoms with E-state index in [1.807, 2.05) is 31.2 Å². The number of aromatic hydroxyl groups is 1. The molecule has 6 N–H and O–H groups in total. The van der Waals surface area contributed by atoms with Gasteiger partial charge in [0.25, 0.3) is 0 Å². The Balaban J connectivity index is 1.01. The molecule has 2 aromatic rings. The molecule has 64 heavy (non-hydrogen) atoms. The number of ketones is 2. The molecule has 8 nitrogen and oxygen atoms in total. The lowest BCUT2D eigenvalue weighted by molar-refractivity contribution is -0.222. The lowest BCUT2D eigenvalue weighted by Crippen LogP contribution is -2.72. The molecule has 0 radical (unpaired) electrons. The van der Waals surface area contributed by atoms with Gasteiger partial charge in [0, 0.05) is 41.4 Å². The van der Waals surface area contributed by atoms with Crippen LogP contribution in [0.4, 0.5) is 5.69 Å². The van der Waals surface area contributed by atoms with Gasteiger partial charge in [0.2, 0.25) is 0 Å². The zero-order valence-corrected chi connectivity index (χ0v) is 39.8. The van der Waals surface area contributed by atoms with E-state index < -0.39 is 22.7 Å². The number of phenols is 1. The minimum absolute atomic E-state index is 0.00323. The summed E-state index contributed by atoms with van der Waals surface area (Å²) in [6.07, 6.45) is 14.8. The number of benzene rings is 2. The molecule has 15 unspecified atom stereocenters. The molecule has 2 aliphatic heterocycles. The van der Waals surface area contributed by atoms with E-state index in [4.69, 9.17) is 10.5 Å². The number of fused-ring (bicyclic) bond motifs is 4. The van der Waals surface area contributed by atoms with Gasteiger partial charge in [0.05, 0.1) is 17.3 Å². The Morgan fingerprint density at radius 2 is 1.61 bits per heavy atom. The summed E-state index contributed by atoms with van der Waals surface area (Å²) >= 11 is 0. The van der Waals surface area contributed by atoms with Gasteiger partial charge < -0.3 is 31.1 Å². The van der Waals surface area contributed by atoms with Crippen molar-refractivity contribution in [2.24, 2.45) is 51.2 Å². The van der Waals surface area contributed by atoms with Crippen molar-refractivity contribution in [3.05, 3.63) is 70.8 Å². The zero-order valence-electron chi connectivity index (χ0n) is 39.8. The molecule has 348 valence electrons. The van der Waals surface area contributed by atoms with Gasteiger partial charge in [-0.05, 0) is 172 Å². The van der Waals surface area contributed by atoms with Crippen LogP contribution >= 0.6 is 0 Å². The van der Waals surface area contributed by atoms with Crippen molar-refractivity contribution < 1.29 is 29.6 Å². The number of carbonyl (C=O) groups is 2. The Bertz CT molecular complexity index is 2200. The molecule has 15 atom stereocenters. The van der Waals surface area contributed by atoms with Crippen molar-refractivity contribution in [1.82, 2.24) is 5.32 Å². The first-order chi connectivity index (χ1) is 30.4. The van der Waals surface area contributed by atoms with Crippen LogP contribution in [-0.2, 0) is 14.3 Å². The number of anilines is 1. The normalized spacial score (nSPS) is 44.5. The fourth-order valence-electron chi connectivity index (χ4n) is 17.7. The first kappa shape index (κ1) is 44.8. The molecule has 5 saturated carbocycles. The molecule has 0 aromatic heterocycles. The number of aliphatic hydroxyl groups is 2. The van der Waals surface area contributed by atoms with E-state index in [-0.39, 0.29) is 57.7 Å². The summed E-state index contributed by atoms with van der Waals surface area (Å²) in [7, 11) is 0. The van der Waals surface area contributed by atoms with Gasteiger partial charge in [0.1, 0.15) is 17.6 Å². The number of phenolic OH excluding ortho intramolecular Hbond substituents is 1. The average molecular weight is 875 g/mol. The lowest BCUT2D eigenvalue weighted by Gasteiger charge is -2.73. The number of aliphatic hydroxyl groups excluding tert-OH is 1. The van der Waals surface area contributed by atoms with E-state index >= 15 is 4.79 Å². The number of hydrogen-bond donors (Lipinski definition) is 5. The third-order valence-electron chi connectivity index (χ3n) is 20.6. The monoisotopic (exact) mass is 875 g/mol. The van der Waals surface area contributed by atoms with Gasteiger partial charge in [-0.1, -0.05) is 89.6 Å². The number of nitrogens with two attached hydrogens (primary N) is 1. The second-order valence-corrected chi connectivity index (χ2v) is 24.2. The van der Waals surface area contributed by atoms with Crippen molar-refractivity contribution >= 4 is 17.3 Å². The first-order valence-corrected chi connectivity index (χ1v) is 25.6. The fourth-order valence-corrected chi connectivity index (χ4v) is 17.7. The van der Waals surface area contributed by atoms with Crippen LogP contribution in [0.5, 0.6) is 5.75 Å². The van der Waals surface area contributed by atoms with E-state index in [0.717, 1.165) is 93.9 Å². The van der Waals surface area contributed by atoms with Gasteiger partial charge in [0.15, 0.2) is 5.78 Å². The minimum atomic E-state index is -0.853. The highest BCUT2D eigenvalue weighted by Gasteiger charge is 2.75. The Hall–Kier alpha value is -3.04. The molecule has 10 rings (SSSR count). The number of nitrogens with one attached hydrogen (secondary N) is 1. The number of Topliss-reactive ketones (excluding diaryl/α,β-unsaturated/α-hetero) is 2. The molecular formula is C56H78N2O6. The molecule has 2 aromatic carbocycles. The smallest absolute Gasteiger partial charge is 0.159 e. The SMILES string of the molecule is CC(CC(O)C1OC1(C)C1CCCC1c1cccc(N)c1)C1=C2CCC3C4(C5CCCC5)CC(c5cccc(O)c5)C(=O)C5(C)CCCCC(C)(O)CNC(CC3(C)C2(C)CC1=O)C54. The number of rotatable bonds is 8. The van der Waals surface area contributed by atoms with Crippen molar-refractivity contribution in [3.63, 3.8) is 0 Å². The van der Waals surface area contributed by atoms with Crippen LogP contribution < -0.4 is 11.1 Å². The van der Waals surface area contributed by atoms with Crippen molar-refractivity contribution in [2.45, 2.75) is 192 Å². The lowest BCUT2D eigenvalue weighted by atomic mass is 9.31. The number of carbonyl (C=O) groups excluding carboxylic acids is 2. The number of epoxide rings is 1. The quantitative estimate of drug-likeness (QED) is 0.130. The van der Waals surface area contributed by atoms with Crippen LogP contribution in [0.25, 0.3) is 0 Å². The van der Waals surface area contributed by atoms with E-state index in [1.165, 1.54) is 24.0 Å². The maximum absolute atomic E-state index is 15.5. The fraction of sp³-hybridized carbons (Fsp3) is 0.714. The van der Waals surface area contributed by atoms with E-state index in [2.05, 4.69) is 58.1 Å². The third kappa shape index (κ3) is 6.78. The number of allylic oxidation sites excluding steroid dienone is 2. The van der Waals surface area contributed by atoms with Crippen molar-refractivity contribution in [3.8, 4) is 5.75 Å². The largest absolute Gasteiger partial charge is 0.508 e. The van der Waals surface area contributed by atoms with Crippen LogP contribution in [-0.4, -0.2) is 62.9 Å². The Morgan fingerprint density at radius 3 is 2.36 bits per heavy atom. The minimum Gasteiger partial charge on any atom is -0.508 e. The molecule has 0 amide bonds. The standard InChI is InChI=1S/C56H78N2O6/c1-33(26-44(60)50-55(6,64-50)41-21-13-20-39(41)34-14-11-18-37(57)27-34)47-42-22-23-46-54(5,53(42,4)31-45(47)61)30-43-48-52(3,25-10-9-24-51(2,63)32-58-43)49(62)40(35-15-12-19-38(59)28-35)29-56(46,48)36-16-7-8-17-36/h11-12,14-15,18-19,27-28,33,36,39-41,43-44,46,48,50,58-60,63H,7-10,13,16-17,20-26,29-32,57H2,1-6H3. The van der Waals surface area contributed by atoms with Crippen LogP contribution in [0.3, 0.4) is 0 Å². The summed E-state index contributed by atoms with van der Waals surface area (Å²) in [4.78, 5) is 30.4. The number of ether oxygens (including phenoxy) is 1. The summed E-state index contributed by atoms with van der Waals surface area (Å²) in [5.74, 6) is 1.88. The second kappa shape index (κ2) is 15.8. The molecule has 8 aliphatic rings. The van der Waals surface area contributed by atoms with Crippen LogP contribution in [0.2, 0.25) is 0 Å². The first-order valence-electron chi connectivity index (χ1n) is 25.6. The van der Waals surface area contributed by atoms with Crippen LogP contribution in [0, 0.1) is 51.2 Å². The number of nitrogen functional groups attached to an aromatic ring is 1. The van der Waals surface area contributed by atoms with Crippen molar-refractivity contribution in [1.29, 1.82) is 0 Å². The highest BCUT2D eigenvalue weighted by molar-refractivity contribution is 6.00. The van der Waals surface area contributed by atoms with Crippen LogP contribution in [0.1, 0.15) is 174 Å². The maximum atomic E-state index is 15.5. The average Bonchev–Trinajstić information content (AvgIpc) is 3.67. The Morgan fingerprint density at radius 1 is 0.875 bits per heavy atom. The molecule has 6 aliphatic carbocycles. The van der Waals surface area contributed by atoms with Gasteiger partial charge in [-0.3, -0.25) is 9.59 Å². The van der Waals surface area contributed by atoms with Gasteiger partial charge in [-0.2, -0.15) is 0 Å². The topological polar surface area (TPSA) is 145 Å². The second-order valence-electron chi connectivity index (χ2n) is 24.2. The van der Waals surface area contributed by atoms with Gasteiger partial charge >= 0.3 is 0 Å². The maximum Gasteiger partial charge on any atom is 0.159 e. The molecule has 0 bridgehead atoms. The van der Waals surface area contributed by atoms with E-state index in [9.17, 15) is 20.1 Å². The summed E-state index contributed by atoms with van der Waals surface area (Å²) < 4.78 is 6.55. The van der Waals surface area contributed by atoms with Crippen LogP contribution in [0.15, 0.2) is 59.7 Å². The van der Waals surface area contributed by atoms with Gasteiger partial charge in [-0.15, -0.1) is 0 Å². The van der Waals surface area contributed by atoms with E-state index in [1.54, 1.807) is 6.07 Å². The number of hydrogen-bond acceptors (Lipinski definition) is 8. The third-order valence-corrected chi connectivity index (χ3v) is 20.6. The molecule has 2 saturated heterocycles. The summed E-state index contributed by atoms with van der Waals surface area (Å²) in [5, 5.41) is 38.7. The highest BCUT2D eigenvalue weighted by Crippen LogP contribution is 2.78. The van der Waals surface area contributed by atoms with Gasteiger partial charge in [-0.25, -0.2) is 0 Å². The Kier molecular flexibility index (Phi) is 11.0. The summed E-state index contributed by atoms with van der Waals surface area (Å²) in [5.41, 5.74) is 8.84. The number of β-amino-alcohol motifs (C(OH)–C–C–N with tert-alkyl or cyclic N) is 1. The highest BCUT2D eigenvalue weighted by atomic mass is 16.6. The summed E-state index contributed by atoms with van der Waals surface area (Å²) in [6, 6.07) is 15.8. The predicted octanol–water partition coefficient (Wildman–Crippen LogP) is 10.3. The Labute approximate surface area is 383 Å². The van der Waals surface area contributed by atoms with Crippen molar-refractivity contribution in [2.75, 3.05) is 12.3 Å². The molecule has 8 heteroatoms.